The fourth-order valence-corrected chi connectivity index (χ4v) is 12.0. The number of likely N-dealkylation sites (tertiary alicyclic amines) is 1. The maximum absolute atomic E-state index is 14.8. The van der Waals surface area contributed by atoms with E-state index < -0.39 is 126 Å². The van der Waals surface area contributed by atoms with Crippen molar-refractivity contribution in [2.75, 3.05) is 79.7 Å². The Labute approximate surface area is 584 Å². The van der Waals surface area contributed by atoms with Gasteiger partial charge in [-0.1, -0.05) is 130 Å². The van der Waals surface area contributed by atoms with Crippen LogP contribution in [-0.4, -0.2) is 217 Å². The number of carbonyl (C=O) groups excluding carboxylic acids is 9. The molecule has 99 heavy (non-hydrogen) atoms. The van der Waals surface area contributed by atoms with Crippen LogP contribution in [0.1, 0.15) is 150 Å². The number of amides is 11. The van der Waals surface area contributed by atoms with Gasteiger partial charge in [0, 0.05) is 59.8 Å². The second kappa shape index (κ2) is 42.2. The van der Waals surface area contributed by atoms with Gasteiger partial charge in [0.05, 0.1) is 87.4 Å². The summed E-state index contributed by atoms with van der Waals surface area (Å²) in [6.07, 6.45) is 0.831. The summed E-state index contributed by atoms with van der Waals surface area (Å²) < 4.78 is 30.7. The number of anilines is 1. The first-order valence-electron chi connectivity index (χ1n) is 34.6. The molecule has 0 spiro atoms. The van der Waals surface area contributed by atoms with Crippen molar-refractivity contribution in [3.05, 3.63) is 77.6 Å². The van der Waals surface area contributed by atoms with Crippen LogP contribution in [0.25, 0.3) is 0 Å². The molecular weight excluding hydrogens is 1280 g/mol. The topological polar surface area (TPSA) is 371 Å². The molecule has 2 aromatic carbocycles. The maximum Gasteiger partial charge on any atom is 0.410 e. The third kappa shape index (κ3) is 26.2. The molecule has 3 unspecified atom stereocenters. The van der Waals surface area contributed by atoms with Crippen LogP contribution in [0.5, 0.6) is 0 Å². The number of aliphatic hydroxyl groups excluding tert-OH is 1. The highest BCUT2D eigenvalue weighted by Gasteiger charge is 2.44. The lowest BCUT2D eigenvalue weighted by Crippen LogP contribution is -2.60. The molecule has 11 amide bonds. The Hall–Kier alpha value is -7.99. The summed E-state index contributed by atoms with van der Waals surface area (Å²) in [5.41, 5.74) is 7.71. The molecule has 1 saturated heterocycles. The van der Waals surface area contributed by atoms with Crippen molar-refractivity contribution in [2.24, 2.45) is 35.3 Å². The van der Waals surface area contributed by atoms with Gasteiger partial charge in [-0.25, -0.2) is 19.1 Å². The lowest BCUT2D eigenvalue weighted by atomic mass is 9.89. The first-order valence-corrected chi connectivity index (χ1v) is 34.6. The molecule has 4 rings (SSSR count). The van der Waals surface area contributed by atoms with Crippen molar-refractivity contribution in [2.45, 2.75) is 201 Å². The van der Waals surface area contributed by atoms with Crippen molar-refractivity contribution < 1.29 is 71.9 Å². The molecule has 10 N–H and O–H groups in total. The van der Waals surface area contributed by atoms with Crippen molar-refractivity contribution in [1.82, 2.24) is 61.6 Å². The Kier molecular flexibility index (Phi) is 35.6. The van der Waals surface area contributed by atoms with Gasteiger partial charge in [0.2, 0.25) is 35.4 Å². The fraction of sp³-hybridized carbons (Fsp3) is 0.671. The number of urea groups is 2. The van der Waals surface area contributed by atoms with E-state index in [0.717, 1.165) is 5.69 Å². The van der Waals surface area contributed by atoms with E-state index >= 15 is 0 Å². The van der Waals surface area contributed by atoms with E-state index in [9.17, 15) is 48.3 Å². The zero-order chi connectivity index (χ0) is 73.6. The number of benzene rings is 2. The molecule has 2 heterocycles. The van der Waals surface area contributed by atoms with Gasteiger partial charge in [-0.15, -0.1) is 5.10 Å². The quantitative estimate of drug-likeness (QED) is 0.0328. The van der Waals surface area contributed by atoms with Crippen LogP contribution in [-0.2, 0) is 65.6 Å². The van der Waals surface area contributed by atoms with Gasteiger partial charge in [-0.3, -0.25) is 33.7 Å². The van der Waals surface area contributed by atoms with Gasteiger partial charge in [0.25, 0.3) is 0 Å². The number of methoxy groups -OCH3 is 2. The Bertz CT molecular complexity index is 3010. The average Bonchev–Trinajstić information content (AvgIpc) is 1.79. The van der Waals surface area contributed by atoms with Crippen molar-refractivity contribution >= 4 is 59.3 Å². The molecule has 1 aromatic heterocycles. The number of nitrogens with two attached hydrogens (primary N) is 1. The van der Waals surface area contributed by atoms with Crippen LogP contribution in [0.15, 0.2) is 60.8 Å². The molecule has 29 heteroatoms. The van der Waals surface area contributed by atoms with Crippen molar-refractivity contribution in [3.63, 3.8) is 0 Å². The smallest absolute Gasteiger partial charge is 0.410 e. The number of nitrogens with zero attached hydrogens (tertiary/aromatic N) is 6. The number of ether oxygens (including phenoxy) is 5. The highest BCUT2D eigenvalue weighted by atomic mass is 16.6. The third-order valence-electron chi connectivity index (χ3n) is 18.0. The van der Waals surface area contributed by atoms with Crippen molar-refractivity contribution in [3.8, 4) is 0 Å². The van der Waals surface area contributed by atoms with Gasteiger partial charge in [-0.05, 0) is 85.5 Å². The third-order valence-corrected chi connectivity index (χ3v) is 18.0. The van der Waals surface area contributed by atoms with Crippen LogP contribution < -0.4 is 43.0 Å². The highest BCUT2D eigenvalue weighted by molar-refractivity contribution is 5.98. The number of hydrogen-bond donors (Lipinski definition) is 9. The summed E-state index contributed by atoms with van der Waals surface area (Å²) in [7, 11) is 6.09. The standard InChI is InChI=1S/C70H114N14O15/c1-17-46(10)60(55(95-15)39-56(85)84-33-22-26-54(84)62(96-16)47(11)63(87)74-48(12)61(86)50-23-19-18-20-24-50)81(13)67(91)58(44(6)7)77-66(90)59(45(8)9)82(14)70(94)99-41-49-27-29-51(30-28-49)75-64(88)52(25-21-31-72-68(71)92)76-65(89)57(43(4)5)78-69(93)73-32-35-97-37-38-98-36-34-83-40-53(42(2)3)79-80-83/h18-20,23-24,27-30,40,42-48,52,54-55,57-62,86H,17,21-22,25-26,31-39,41H2,1-16H3,(H,74,87)(H,75,88)(H,76,89)(H,77,90)(H3,71,72,92)(H2,73,78,93)/t46-,47+,48+,52-,54-,55?,57-,58-,59-,60?,61?,62+/m0/s1. The van der Waals surface area contributed by atoms with E-state index in [0.29, 0.717) is 69.0 Å². The number of aliphatic hydroxyl groups is 1. The number of aromatic nitrogens is 3. The predicted molar refractivity (Wildman–Crippen MR) is 373 cm³/mol. The molecule has 0 saturated carbocycles. The molecule has 12 atom stereocenters. The largest absolute Gasteiger partial charge is 0.445 e. The Morgan fingerprint density at radius 2 is 1.37 bits per heavy atom. The molecule has 29 nitrogen and oxygen atoms in total. The lowest BCUT2D eigenvalue weighted by Gasteiger charge is -2.41. The predicted octanol–water partition coefficient (Wildman–Crippen LogP) is 5.22. The van der Waals surface area contributed by atoms with E-state index in [1.165, 1.54) is 26.2 Å². The SMILES string of the molecule is CC[C@H](C)C(C(CC(=O)N1CCC[C@H]1[C@H](OC)[C@@H](C)C(=O)N[C@H](C)C(O)c1ccccc1)OC)N(C)C(=O)[C@@H](NC(=O)[C@H](C(C)C)N(C)C(=O)OCc1ccc(NC(=O)[C@H](CCCNC(N)=O)NC(=O)[C@@H](NC(=O)NCCOCCOCCn2cc(C(C)C)nn2)C(C)C)cc1)C(C)C. The van der Waals surface area contributed by atoms with E-state index in [1.54, 1.807) is 113 Å². The van der Waals surface area contributed by atoms with Gasteiger partial charge >= 0.3 is 18.2 Å². The van der Waals surface area contributed by atoms with Crippen LogP contribution >= 0.6 is 0 Å². The molecular formula is C70H114N14O15. The second-order valence-electron chi connectivity index (χ2n) is 26.9. The van der Waals surface area contributed by atoms with Gasteiger partial charge in [-0.2, -0.15) is 0 Å². The summed E-state index contributed by atoms with van der Waals surface area (Å²) in [4.78, 5) is 128. The first kappa shape index (κ1) is 83.4. The maximum atomic E-state index is 14.8. The number of likely N-dealkylation sites (N-methyl/N-ethyl adjacent to an activating group) is 2. The van der Waals surface area contributed by atoms with E-state index in [2.05, 4.69) is 47.5 Å². The second-order valence-corrected chi connectivity index (χ2v) is 26.9. The van der Waals surface area contributed by atoms with Gasteiger partial charge < -0.3 is 81.5 Å². The minimum absolute atomic E-state index is 0.0853. The van der Waals surface area contributed by atoms with Crippen molar-refractivity contribution in [1.29, 1.82) is 0 Å². The summed E-state index contributed by atoms with van der Waals surface area (Å²) in [6, 6.07) is 8.13. The summed E-state index contributed by atoms with van der Waals surface area (Å²) in [5, 5.41) is 38.5. The van der Waals surface area contributed by atoms with Crippen LogP contribution in [0.2, 0.25) is 0 Å². The molecule has 554 valence electrons. The minimum Gasteiger partial charge on any atom is -0.445 e. The molecule has 0 radical (unpaired) electrons. The number of hydrogen-bond acceptors (Lipinski definition) is 17. The molecule has 3 aromatic rings. The molecule has 1 aliphatic rings. The zero-order valence-corrected chi connectivity index (χ0v) is 61.0. The highest BCUT2D eigenvalue weighted by Crippen LogP contribution is 2.31. The molecule has 0 bridgehead atoms. The minimum atomic E-state index is -1.12. The van der Waals surface area contributed by atoms with E-state index in [-0.39, 0.29) is 69.2 Å². The lowest BCUT2D eigenvalue weighted by molar-refractivity contribution is -0.148. The van der Waals surface area contributed by atoms with Crippen LogP contribution in [0, 0.1) is 29.6 Å². The number of nitrogens with one attached hydrogen (secondary N) is 7. The monoisotopic (exact) mass is 1390 g/mol. The van der Waals surface area contributed by atoms with Crippen LogP contribution in [0.4, 0.5) is 20.1 Å². The van der Waals surface area contributed by atoms with Crippen LogP contribution in [0.3, 0.4) is 0 Å². The first-order chi connectivity index (χ1) is 46.9. The fourth-order valence-electron chi connectivity index (χ4n) is 12.0. The Morgan fingerprint density at radius 1 is 0.717 bits per heavy atom. The number of primary amides is 1. The van der Waals surface area contributed by atoms with Gasteiger partial charge in [0.1, 0.15) is 30.8 Å². The van der Waals surface area contributed by atoms with Gasteiger partial charge in [0.15, 0.2) is 0 Å². The Balaban J connectivity index is 1.34. The normalized spacial score (nSPS) is 16.5. The summed E-state index contributed by atoms with van der Waals surface area (Å²) >= 11 is 0. The van der Waals surface area contributed by atoms with E-state index in [1.807, 2.05) is 52.1 Å². The molecule has 0 aliphatic carbocycles. The molecule has 1 aliphatic heterocycles. The molecule has 1 fully saturated rings. The average molecular weight is 1390 g/mol. The summed E-state index contributed by atoms with van der Waals surface area (Å²) in [5.74, 6) is -4.61. The number of carbonyl (C=O) groups is 9. The number of rotatable bonds is 42. The zero-order valence-electron chi connectivity index (χ0n) is 61.0. The van der Waals surface area contributed by atoms with E-state index in [4.69, 9.17) is 29.4 Å². The summed E-state index contributed by atoms with van der Waals surface area (Å²) in [6.45, 7) is 24.4. The Morgan fingerprint density at radius 3 is 1.96 bits per heavy atom.